The average Bonchev–Trinajstić information content (AvgIpc) is 3.35. The molecule has 0 bridgehead atoms. The maximum atomic E-state index is 13.2. The molecule has 3 rings (SSSR count). The molecule has 8 nitrogen and oxygen atoms in total. The molecule has 1 aliphatic heterocycles. The first-order valence-corrected chi connectivity index (χ1v) is 10.4. The van der Waals surface area contributed by atoms with Crippen molar-refractivity contribution in [3.8, 4) is 11.5 Å². The normalized spacial score (nSPS) is 20.4. The van der Waals surface area contributed by atoms with E-state index in [0.29, 0.717) is 36.6 Å². The first-order chi connectivity index (χ1) is 14.3. The molecular weight excluding hydrogens is 386 g/mol. The van der Waals surface area contributed by atoms with E-state index in [1.54, 1.807) is 30.2 Å². The Balaban J connectivity index is 1.72. The number of nitrogens with zero attached hydrogens (tertiary/aromatic N) is 1. The summed E-state index contributed by atoms with van der Waals surface area (Å²) in [5, 5.41) is 5.92. The molecule has 30 heavy (non-hydrogen) atoms. The predicted molar refractivity (Wildman–Crippen MR) is 112 cm³/mol. The highest BCUT2D eigenvalue weighted by Crippen LogP contribution is 2.34. The fourth-order valence-corrected chi connectivity index (χ4v) is 4.30. The summed E-state index contributed by atoms with van der Waals surface area (Å²) >= 11 is 0. The Morgan fingerprint density at radius 2 is 1.80 bits per heavy atom. The highest BCUT2D eigenvalue weighted by Gasteiger charge is 2.45. The fraction of sp³-hybridized carbons (Fsp3) is 0.591. The number of hydrogen-bond acceptors (Lipinski definition) is 5. The number of rotatable bonds is 7. The second kappa shape index (κ2) is 8.93. The van der Waals surface area contributed by atoms with E-state index in [2.05, 4.69) is 10.6 Å². The van der Waals surface area contributed by atoms with Crippen LogP contribution in [0.5, 0.6) is 11.5 Å². The van der Waals surface area contributed by atoms with Crippen LogP contribution in [0.4, 0.5) is 5.69 Å². The average molecular weight is 418 g/mol. The number of hydrogen-bond donors (Lipinski definition) is 2. The molecule has 0 aromatic heterocycles. The minimum atomic E-state index is -0.960. The van der Waals surface area contributed by atoms with Gasteiger partial charge >= 0.3 is 0 Å². The van der Waals surface area contributed by atoms with Crippen molar-refractivity contribution in [2.45, 2.75) is 57.5 Å². The molecular formula is C22H31N3O5. The lowest BCUT2D eigenvalue weighted by Gasteiger charge is -2.30. The van der Waals surface area contributed by atoms with Crippen molar-refractivity contribution in [2.75, 3.05) is 26.1 Å². The lowest BCUT2D eigenvalue weighted by atomic mass is 9.94. The van der Waals surface area contributed by atoms with Gasteiger partial charge in [-0.2, -0.15) is 0 Å². The number of carbonyl (C=O) groups is 3. The van der Waals surface area contributed by atoms with Crippen molar-refractivity contribution in [1.82, 2.24) is 10.2 Å². The first-order valence-electron chi connectivity index (χ1n) is 10.4. The number of amides is 3. The van der Waals surface area contributed by atoms with Crippen LogP contribution in [-0.4, -0.2) is 55.0 Å². The van der Waals surface area contributed by atoms with Gasteiger partial charge in [-0.05, 0) is 38.8 Å². The number of methoxy groups -OCH3 is 2. The molecule has 1 saturated heterocycles. The highest BCUT2D eigenvalue weighted by molar-refractivity contribution is 6.01. The van der Waals surface area contributed by atoms with Gasteiger partial charge in [-0.3, -0.25) is 14.4 Å². The molecule has 2 fully saturated rings. The van der Waals surface area contributed by atoms with Crippen LogP contribution in [0.2, 0.25) is 0 Å². The zero-order valence-corrected chi connectivity index (χ0v) is 18.1. The Bertz CT molecular complexity index is 817. The Morgan fingerprint density at radius 1 is 1.13 bits per heavy atom. The Hall–Kier alpha value is -2.77. The van der Waals surface area contributed by atoms with E-state index in [9.17, 15) is 14.4 Å². The van der Waals surface area contributed by atoms with Gasteiger partial charge in [-0.25, -0.2) is 0 Å². The van der Waals surface area contributed by atoms with Gasteiger partial charge in [0.15, 0.2) is 11.5 Å². The van der Waals surface area contributed by atoms with E-state index in [4.69, 9.17) is 9.47 Å². The largest absolute Gasteiger partial charge is 0.493 e. The molecule has 2 N–H and O–H groups in total. The van der Waals surface area contributed by atoms with Crippen LogP contribution >= 0.6 is 0 Å². The highest BCUT2D eigenvalue weighted by atomic mass is 16.5. The van der Waals surface area contributed by atoms with Gasteiger partial charge in [0.05, 0.1) is 20.1 Å². The summed E-state index contributed by atoms with van der Waals surface area (Å²) in [5.41, 5.74) is -0.390. The molecule has 1 saturated carbocycles. The van der Waals surface area contributed by atoms with Gasteiger partial charge in [-0.15, -0.1) is 0 Å². The van der Waals surface area contributed by atoms with Crippen molar-refractivity contribution >= 4 is 23.4 Å². The van der Waals surface area contributed by atoms with E-state index in [0.717, 1.165) is 12.8 Å². The molecule has 164 valence electrons. The van der Waals surface area contributed by atoms with Crippen molar-refractivity contribution < 1.29 is 23.9 Å². The van der Waals surface area contributed by atoms with Crippen molar-refractivity contribution in [2.24, 2.45) is 5.92 Å². The summed E-state index contributed by atoms with van der Waals surface area (Å²) in [4.78, 5) is 40.1. The minimum absolute atomic E-state index is 0.0135. The molecule has 0 spiro atoms. The van der Waals surface area contributed by atoms with Crippen LogP contribution < -0.4 is 20.1 Å². The van der Waals surface area contributed by atoms with E-state index < -0.39 is 11.5 Å². The minimum Gasteiger partial charge on any atom is -0.493 e. The van der Waals surface area contributed by atoms with Crippen LogP contribution in [0.15, 0.2) is 18.2 Å². The summed E-state index contributed by atoms with van der Waals surface area (Å²) < 4.78 is 10.5. The first kappa shape index (κ1) is 21.9. The zero-order valence-electron chi connectivity index (χ0n) is 18.1. The number of benzene rings is 1. The number of carbonyl (C=O) groups excluding carboxylic acids is 3. The smallest absolute Gasteiger partial charge is 0.250 e. The van der Waals surface area contributed by atoms with Crippen LogP contribution in [0.3, 0.4) is 0 Å². The number of ether oxygens (including phenoxy) is 2. The van der Waals surface area contributed by atoms with Crippen molar-refractivity contribution in [1.29, 1.82) is 0 Å². The summed E-state index contributed by atoms with van der Waals surface area (Å²) in [5.74, 6) is 0.172. The Labute approximate surface area is 177 Å². The quantitative estimate of drug-likeness (QED) is 0.710. The van der Waals surface area contributed by atoms with E-state index in [1.807, 2.05) is 13.8 Å². The van der Waals surface area contributed by atoms with Gasteiger partial charge in [0.2, 0.25) is 17.7 Å². The fourth-order valence-electron chi connectivity index (χ4n) is 4.30. The second-order valence-corrected chi connectivity index (χ2v) is 8.34. The van der Waals surface area contributed by atoms with Gasteiger partial charge in [0.25, 0.3) is 0 Å². The van der Waals surface area contributed by atoms with Crippen LogP contribution in [0, 0.1) is 5.92 Å². The number of nitrogens with one attached hydrogen (secondary N) is 2. The lowest BCUT2D eigenvalue weighted by molar-refractivity contribution is -0.133. The predicted octanol–water partition coefficient (Wildman–Crippen LogP) is 2.33. The second-order valence-electron chi connectivity index (χ2n) is 8.34. The zero-order chi connectivity index (χ0) is 21.9. The third kappa shape index (κ3) is 4.37. The maximum Gasteiger partial charge on any atom is 0.250 e. The summed E-state index contributed by atoms with van der Waals surface area (Å²) in [6.07, 6.45) is 3.07. The summed E-state index contributed by atoms with van der Waals surface area (Å²) in [6.45, 7) is 4.27. The maximum absolute atomic E-state index is 13.2. The third-order valence-corrected chi connectivity index (χ3v) is 6.05. The Kier molecular flexibility index (Phi) is 6.53. The standard InChI is InChI=1S/C22H31N3O5/c1-14(2)25-13-15(11-19(25)26)20(27)24-22(9-5-6-10-22)21(28)23-16-7-8-17(29-3)18(12-16)30-4/h7-8,12,14-15H,5-6,9-11,13H2,1-4H3,(H,23,28)(H,24,27). The van der Waals surface area contributed by atoms with Gasteiger partial charge in [0.1, 0.15) is 5.54 Å². The SMILES string of the molecule is COc1ccc(NC(=O)C2(NC(=O)C3CC(=O)N(C(C)C)C3)CCCC2)cc1OC. The molecule has 1 aliphatic carbocycles. The van der Waals surface area contributed by atoms with Gasteiger partial charge in [-0.1, -0.05) is 12.8 Å². The van der Waals surface area contributed by atoms with Crippen LogP contribution in [0.1, 0.15) is 46.0 Å². The molecule has 2 aliphatic rings. The summed E-state index contributed by atoms with van der Waals surface area (Å²) in [6, 6.07) is 5.21. The van der Waals surface area contributed by atoms with Gasteiger partial charge < -0.3 is 25.0 Å². The molecule has 3 amide bonds. The molecule has 0 radical (unpaired) electrons. The number of anilines is 1. The number of likely N-dealkylation sites (tertiary alicyclic amines) is 1. The molecule has 1 unspecified atom stereocenters. The van der Waals surface area contributed by atoms with Crippen LogP contribution in [0.25, 0.3) is 0 Å². The third-order valence-electron chi connectivity index (χ3n) is 6.05. The van der Waals surface area contributed by atoms with E-state index in [1.165, 1.54) is 7.11 Å². The molecule has 1 atom stereocenters. The topological polar surface area (TPSA) is 97.0 Å². The lowest BCUT2D eigenvalue weighted by Crippen LogP contribution is -2.56. The summed E-state index contributed by atoms with van der Waals surface area (Å²) in [7, 11) is 3.08. The Morgan fingerprint density at radius 3 is 2.37 bits per heavy atom. The van der Waals surface area contributed by atoms with Gasteiger partial charge in [0, 0.05) is 30.8 Å². The molecule has 8 heteroatoms. The van der Waals surface area contributed by atoms with Crippen LogP contribution in [-0.2, 0) is 14.4 Å². The molecule has 1 heterocycles. The van der Waals surface area contributed by atoms with E-state index in [-0.39, 0.29) is 30.2 Å². The molecule has 1 aromatic rings. The molecule has 1 aromatic carbocycles. The monoisotopic (exact) mass is 417 g/mol. The van der Waals surface area contributed by atoms with Crippen molar-refractivity contribution in [3.63, 3.8) is 0 Å². The van der Waals surface area contributed by atoms with E-state index >= 15 is 0 Å². The van der Waals surface area contributed by atoms with Crippen molar-refractivity contribution in [3.05, 3.63) is 18.2 Å².